The Labute approximate surface area is 484 Å². The quantitative estimate of drug-likeness (QED) is 0.0261. The first-order chi connectivity index (χ1) is 38.5. The van der Waals surface area contributed by atoms with Crippen molar-refractivity contribution in [3.63, 3.8) is 0 Å². The third-order valence-electron chi connectivity index (χ3n) is 14.9. The van der Waals surface area contributed by atoms with E-state index in [0.29, 0.717) is 19.3 Å². The van der Waals surface area contributed by atoms with Gasteiger partial charge < -0.3 is 14.2 Å². The summed E-state index contributed by atoms with van der Waals surface area (Å²) in [5.74, 6) is -0.941. The van der Waals surface area contributed by atoms with Gasteiger partial charge in [-0.2, -0.15) is 0 Å². The molecule has 1 atom stereocenters. The summed E-state index contributed by atoms with van der Waals surface area (Å²) >= 11 is 0. The summed E-state index contributed by atoms with van der Waals surface area (Å²) in [6, 6.07) is 0. The molecule has 0 amide bonds. The molecule has 0 bridgehead atoms. The molecule has 0 aromatic carbocycles. The Bertz CT molecular complexity index is 1440. The summed E-state index contributed by atoms with van der Waals surface area (Å²) in [6.07, 6.45) is 86.5. The maximum absolute atomic E-state index is 12.9. The van der Waals surface area contributed by atoms with Crippen LogP contribution in [0.25, 0.3) is 0 Å². The fraction of sp³-hybridized carbons (Fsp3) is 0.792. The number of hydrogen-bond acceptors (Lipinski definition) is 6. The SMILES string of the molecule is CC/C=C\C/C=C\C/C=C\C/C=C\C/C=C\CCCC(=O)OC(COC(=O)CCCCCCCCC/C=C\CCCCCCCC)COC(=O)CCCCCCCCCCCCCCCCCCCCCCCCCCCC. The van der Waals surface area contributed by atoms with Crippen molar-refractivity contribution in [2.24, 2.45) is 0 Å². The molecule has 0 aromatic rings. The maximum Gasteiger partial charge on any atom is 0.306 e. The minimum atomic E-state index is -0.807. The highest BCUT2D eigenvalue weighted by Gasteiger charge is 2.19. The number of unbranched alkanes of at least 4 members (excludes halogenated alkanes) is 39. The Balaban J connectivity index is 4.33. The molecule has 0 rings (SSSR count). The molecule has 1 unspecified atom stereocenters. The molecule has 0 heterocycles. The fourth-order valence-corrected chi connectivity index (χ4v) is 9.89. The van der Waals surface area contributed by atoms with Crippen molar-refractivity contribution in [3.8, 4) is 0 Å². The molecule has 6 heteroatoms. The average molecular weight is 1090 g/mol. The Hall–Kier alpha value is -3.15. The zero-order chi connectivity index (χ0) is 56.4. The highest BCUT2D eigenvalue weighted by Crippen LogP contribution is 2.18. The molecule has 0 aliphatic carbocycles. The van der Waals surface area contributed by atoms with E-state index in [2.05, 4.69) is 93.7 Å². The largest absolute Gasteiger partial charge is 0.462 e. The van der Waals surface area contributed by atoms with E-state index in [-0.39, 0.29) is 37.5 Å². The number of carbonyl (C=O) groups excluding carboxylic acids is 3. The van der Waals surface area contributed by atoms with Gasteiger partial charge in [-0.05, 0) is 83.5 Å². The fourth-order valence-electron chi connectivity index (χ4n) is 9.89. The molecule has 452 valence electrons. The van der Waals surface area contributed by atoms with Gasteiger partial charge in [-0.15, -0.1) is 0 Å². The number of hydrogen-bond donors (Lipinski definition) is 0. The van der Waals surface area contributed by atoms with Crippen LogP contribution in [0.5, 0.6) is 0 Å². The summed E-state index contributed by atoms with van der Waals surface area (Å²) in [4.78, 5) is 38.4. The summed E-state index contributed by atoms with van der Waals surface area (Å²) in [5, 5.41) is 0. The van der Waals surface area contributed by atoms with E-state index in [1.165, 1.54) is 225 Å². The lowest BCUT2D eigenvalue weighted by Crippen LogP contribution is -2.30. The average Bonchev–Trinajstić information content (AvgIpc) is 3.44. The van der Waals surface area contributed by atoms with Crippen LogP contribution in [0, 0.1) is 0 Å². The first-order valence-corrected chi connectivity index (χ1v) is 33.9. The molecule has 0 saturated carbocycles. The second-order valence-electron chi connectivity index (χ2n) is 22.7. The minimum absolute atomic E-state index is 0.0962. The highest BCUT2D eigenvalue weighted by atomic mass is 16.6. The summed E-state index contributed by atoms with van der Waals surface area (Å²) in [7, 11) is 0. The monoisotopic (exact) mass is 1090 g/mol. The van der Waals surface area contributed by atoms with Gasteiger partial charge in [0.1, 0.15) is 13.2 Å². The molecule has 0 saturated heterocycles. The maximum atomic E-state index is 12.9. The number of carbonyl (C=O) groups is 3. The van der Waals surface area contributed by atoms with Crippen molar-refractivity contribution >= 4 is 17.9 Å². The standard InChI is InChI=1S/C72H128O6/c1-4-7-10-13-16-19-22-25-28-31-32-33-34-35-36-37-38-39-42-44-47-50-53-56-59-62-65-71(74)77-68-69(78-72(75)66-63-60-57-54-51-48-45-41-30-27-24-21-18-15-12-9-6-3)67-76-70(73)64-61-58-55-52-49-46-43-40-29-26-23-20-17-14-11-8-5-2/h9,12,18,21,26-27,29-30,45,48,54,57,69H,4-8,10-11,13-17,19-20,22-25,28,31-44,46-47,49-53,55-56,58-68H2,1-3H3/b12-9-,21-18-,29-26-,30-27-,48-45-,57-54-. The van der Waals surface area contributed by atoms with Crippen molar-refractivity contribution in [2.75, 3.05) is 13.2 Å². The Morgan fingerprint density at radius 1 is 0.269 bits per heavy atom. The number of allylic oxidation sites excluding steroid dienone is 12. The molecule has 0 aliphatic heterocycles. The van der Waals surface area contributed by atoms with Crippen molar-refractivity contribution in [2.45, 2.75) is 354 Å². The zero-order valence-electron chi connectivity index (χ0n) is 51.9. The van der Waals surface area contributed by atoms with E-state index in [4.69, 9.17) is 14.2 Å². The van der Waals surface area contributed by atoms with Crippen LogP contribution in [-0.2, 0) is 28.6 Å². The van der Waals surface area contributed by atoms with Crippen LogP contribution in [0.15, 0.2) is 72.9 Å². The summed E-state index contributed by atoms with van der Waals surface area (Å²) < 4.78 is 16.9. The van der Waals surface area contributed by atoms with Gasteiger partial charge in [0.15, 0.2) is 6.10 Å². The van der Waals surface area contributed by atoms with Gasteiger partial charge in [0.2, 0.25) is 0 Å². The third-order valence-corrected chi connectivity index (χ3v) is 14.9. The van der Waals surface area contributed by atoms with Gasteiger partial charge in [0, 0.05) is 19.3 Å². The van der Waals surface area contributed by atoms with Crippen LogP contribution in [0.2, 0.25) is 0 Å². The van der Waals surface area contributed by atoms with Crippen LogP contribution in [0.1, 0.15) is 348 Å². The molecule has 78 heavy (non-hydrogen) atoms. The van der Waals surface area contributed by atoms with Gasteiger partial charge >= 0.3 is 17.9 Å². The number of ether oxygens (including phenoxy) is 3. The first kappa shape index (κ1) is 74.8. The second kappa shape index (κ2) is 66.4. The van der Waals surface area contributed by atoms with E-state index >= 15 is 0 Å². The van der Waals surface area contributed by atoms with E-state index in [9.17, 15) is 14.4 Å². The highest BCUT2D eigenvalue weighted by molar-refractivity contribution is 5.71. The van der Waals surface area contributed by atoms with Crippen LogP contribution in [-0.4, -0.2) is 37.2 Å². The Morgan fingerprint density at radius 2 is 0.513 bits per heavy atom. The molecule has 0 radical (unpaired) electrons. The topological polar surface area (TPSA) is 78.9 Å². The van der Waals surface area contributed by atoms with Crippen molar-refractivity contribution in [1.82, 2.24) is 0 Å². The van der Waals surface area contributed by atoms with E-state index < -0.39 is 6.10 Å². The van der Waals surface area contributed by atoms with Gasteiger partial charge in [0.05, 0.1) is 0 Å². The minimum Gasteiger partial charge on any atom is -0.462 e. The molecule has 0 spiro atoms. The Morgan fingerprint density at radius 3 is 0.833 bits per heavy atom. The third kappa shape index (κ3) is 63.7. The van der Waals surface area contributed by atoms with Crippen molar-refractivity contribution in [3.05, 3.63) is 72.9 Å². The number of rotatable bonds is 62. The number of esters is 3. The smallest absolute Gasteiger partial charge is 0.306 e. The predicted octanol–water partition coefficient (Wildman–Crippen LogP) is 23.3. The predicted molar refractivity (Wildman–Crippen MR) is 339 cm³/mol. The van der Waals surface area contributed by atoms with E-state index in [1.807, 2.05) is 0 Å². The van der Waals surface area contributed by atoms with Gasteiger partial charge in [-0.3, -0.25) is 14.4 Å². The molecule has 0 aromatic heterocycles. The first-order valence-electron chi connectivity index (χ1n) is 33.9. The van der Waals surface area contributed by atoms with Gasteiger partial charge in [0.25, 0.3) is 0 Å². The van der Waals surface area contributed by atoms with E-state index in [1.54, 1.807) is 0 Å². The molecule has 6 nitrogen and oxygen atoms in total. The van der Waals surface area contributed by atoms with E-state index in [0.717, 1.165) is 77.0 Å². The summed E-state index contributed by atoms with van der Waals surface area (Å²) in [6.45, 7) is 6.52. The Kier molecular flexibility index (Phi) is 63.7. The molecule has 0 N–H and O–H groups in total. The zero-order valence-corrected chi connectivity index (χ0v) is 51.9. The van der Waals surface area contributed by atoms with Gasteiger partial charge in [-0.25, -0.2) is 0 Å². The van der Waals surface area contributed by atoms with Crippen LogP contribution in [0.3, 0.4) is 0 Å². The molecule has 0 fully saturated rings. The van der Waals surface area contributed by atoms with Crippen LogP contribution < -0.4 is 0 Å². The lowest BCUT2D eigenvalue weighted by atomic mass is 10.0. The van der Waals surface area contributed by atoms with Gasteiger partial charge in [-0.1, -0.05) is 318 Å². The second-order valence-corrected chi connectivity index (χ2v) is 22.7. The lowest BCUT2D eigenvalue weighted by molar-refractivity contribution is -0.167. The lowest BCUT2D eigenvalue weighted by Gasteiger charge is -2.18. The van der Waals surface area contributed by atoms with Crippen molar-refractivity contribution in [1.29, 1.82) is 0 Å². The van der Waals surface area contributed by atoms with Crippen LogP contribution >= 0.6 is 0 Å². The van der Waals surface area contributed by atoms with Crippen LogP contribution in [0.4, 0.5) is 0 Å². The molecular formula is C72H128O6. The summed E-state index contributed by atoms with van der Waals surface area (Å²) in [5.41, 5.74) is 0. The normalized spacial score (nSPS) is 12.5. The molecular weight excluding hydrogens is 961 g/mol. The molecule has 0 aliphatic rings. The van der Waals surface area contributed by atoms with Crippen molar-refractivity contribution < 1.29 is 28.6 Å².